The van der Waals surface area contributed by atoms with Crippen molar-refractivity contribution in [1.29, 1.82) is 0 Å². The minimum absolute atomic E-state index is 0.156. The van der Waals surface area contributed by atoms with E-state index in [4.69, 9.17) is 19.4 Å². The van der Waals surface area contributed by atoms with E-state index in [1.165, 1.54) is 42.3 Å². The number of aromatic nitrogens is 3. The average Bonchev–Trinajstić information content (AvgIpc) is 3.95. The third-order valence-electron chi connectivity index (χ3n) is 11.5. The van der Waals surface area contributed by atoms with Gasteiger partial charge in [0.05, 0.1) is 11.6 Å². The van der Waals surface area contributed by atoms with Gasteiger partial charge in [-0.2, -0.15) is 0 Å². The molecule has 5 nitrogen and oxygen atoms in total. The summed E-state index contributed by atoms with van der Waals surface area (Å²) in [5, 5.41) is 4.75. The summed E-state index contributed by atoms with van der Waals surface area (Å²) in [5.41, 5.74) is 10.4. The van der Waals surface area contributed by atoms with Crippen LogP contribution in [-0.4, -0.2) is 21.0 Å². The Bertz CT molecular complexity index is 3260. The monoisotopic (exact) mass is 748 g/mol. The molecule has 0 radical (unpaired) electrons. The average molecular weight is 749 g/mol. The number of hydrogen-bond acceptors (Lipinski definition) is 6. The molecule has 2 atom stereocenters. The Kier molecular flexibility index (Phi) is 7.16. The number of benzene rings is 7. The first kappa shape index (κ1) is 32.1. The Morgan fingerprint density at radius 1 is 0.509 bits per heavy atom. The summed E-state index contributed by atoms with van der Waals surface area (Å²) in [5.74, 6) is 1.98. The summed E-state index contributed by atoms with van der Waals surface area (Å²) in [6, 6.07) is 59.6. The molecule has 2 aliphatic rings. The van der Waals surface area contributed by atoms with Gasteiger partial charge in [-0.15, -0.1) is 11.3 Å². The molecular formula is C51H32N4OS. The lowest BCUT2D eigenvalue weighted by atomic mass is 9.85. The minimum atomic E-state index is 0.156. The van der Waals surface area contributed by atoms with Crippen molar-refractivity contribution in [1.82, 2.24) is 15.0 Å². The van der Waals surface area contributed by atoms with Crippen LogP contribution in [0.1, 0.15) is 11.5 Å². The van der Waals surface area contributed by atoms with Gasteiger partial charge >= 0.3 is 0 Å². The van der Waals surface area contributed by atoms with Crippen molar-refractivity contribution < 1.29 is 4.42 Å². The summed E-state index contributed by atoms with van der Waals surface area (Å²) in [7, 11) is 0. The van der Waals surface area contributed by atoms with Crippen molar-refractivity contribution in [3.63, 3.8) is 0 Å². The highest BCUT2D eigenvalue weighted by Crippen LogP contribution is 2.51. The van der Waals surface area contributed by atoms with Crippen LogP contribution in [0.25, 0.3) is 89.5 Å². The molecule has 1 aliphatic carbocycles. The Morgan fingerprint density at radius 2 is 1.16 bits per heavy atom. The van der Waals surface area contributed by atoms with Gasteiger partial charge in [-0.3, -0.25) is 0 Å². The SMILES string of the molecule is C1=c2sc3ccccc3c2=CC2c3c(-c4ccc5c(c4)oc4c(-c6nc(-c7ccccc7)nc(-c7ccccc7)n6)cccc45)cccc3N(c3ccccc3)C12. The molecule has 4 heterocycles. The first-order valence-electron chi connectivity index (χ1n) is 19.3. The van der Waals surface area contributed by atoms with Crippen LogP contribution in [0.15, 0.2) is 174 Å². The molecule has 0 bridgehead atoms. The lowest BCUT2D eigenvalue weighted by molar-refractivity contribution is 0.669. The predicted molar refractivity (Wildman–Crippen MR) is 234 cm³/mol. The van der Waals surface area contributed by atoms with Gasteiger partial charge in [0.15, 0.2) is 17.5 Å². The van der Waals surface area contributed by atoms with Crippen LogP contribution < -0.4 is 14.7 Å². The number of thiophene rings is 1. The van der Waals surface area contributed by atoms with E-state index in [0.717, 1.165) is 44.2 Å². The molecule has 7 aromatic carbocycles. The number of rotatable bonds is 5. The van der Waals surface area contributed by atoms with Gasteiger partial charge in [0.25, 0.3) is 0 Å². The third-order valence-corrected chi connectivity index (χ3v) is 12.6. The van der Waals surface area contributed by atoms with E-state index in [2.05, 4.69) is 120 Å². The molecule has 0 fully saturated rings. The van der Waals surface area contributed by atoms with Crippen LogP contribution in [0.3, 0.4) is 0 Å². The van der Waals surface area contributed by atoms with Gasteiger partial charge in [-0.1, -0.05) is 133 Å². The van der Waals surface area contributed by atoms with Crippen molar-refractivity contribution in [2.45, 2.75) is 12.0 Å². The van der Waals surface area contributed by atoms with Crippen molar-refractivity contribution >= 4 is 66.9 Å². The molecule has 12 rings (SSSR count). The summed E-state index contributed by atoms with van der Waals surface area (Å²) in [4.78, 5) is 17.5. The van der Waals surface area contributed by atoms with Crippen LogP contribution in [0.2, 0.25) is 0 Å². The van der Waals surface area contributed by atoms with E-state index in [9.17, 15) is 0 Å². The summed E-state index contributed by atoms with van der Waals surface area (Å²) >= 11 is 1.89. The Labute approximate surface area is 332 Å². The second kappa shape index (κ2) is 12.7. The Hall–Kier alpha value is -7.15. The lowest BCUT2D eigenvalue weighted by Gasteiger charge is -2.28. The van der Waals surface area contributed by atoms with E-state index < -0.39 is 0 Å². The van der Waals surface area contributed by atoms with Crippen LogP contribution in [0.5, 0.6) is 0 Å². The van der Waals surface area contributed by atoms with Crippen LogP contribution in [0, 0.1) is 0 Å². The predicted octanol–water partition coefficient (Wildman–Crippen LogP) is 11.5. The standard InChI is InChI=1S/C51H32N4OS/c1-4-14-31(15-5-1)49-52-50(32-16-6-2-7-17-32)54-51(53-49)39-23-12-22-38-36-27-26-33(28-44(36)56-48(38)39)35-21-13-24-42-47(35)41-29-40-37-20-10-11-25-45(37)57-46(40)30-43(41)55(42)34-18-8-3-9-19-34/h1-30,41,43H. The number of nitrogens with zero attached hydrogens (tertiary/aromatic N) is 4. The summed E-state index contributed by atoms with van der Waals surface area (Å²) < 4.78 is 9.54. The Balaban J connectivity index is 1.03. The first-order valence-corrected chi connectivity index (χ1v) is 20.1. The maximum absolute atomic E-state index is 6.87. The fourth-order valence-corrected chi connectivity index (χ4v) is 10.1. The largest absolute Gasteiger partial charge is 0.455 e. The minimum Gasteiger partial charge on any atom is -0.455 e. The highest BCUT2D eigenvalue weighted by atomic mass is 32.1. The first-order chi connectivity index (χ1) is 28.2. The van der Waals surface area contributed by atoms with Gasteiger partial charge in [-0.25, -0.2) is 15.0 Å². The van der Waals surface area contributed by atoms with E-state index in [1.54, 1.807) is 0 Å². The molecule has 10 aromatic rings. The van der Waals surface area contributed by atoms with Gasteiger partial charge in [0, 0.05) is 48.4 Å². The number of fused-ring (bicyclic) bond motifs is 9. The van der Waals surface area contributed by atoms with Crippen LogP contribution in [-0.2, 0) is 0 Å². The lowest BCUT2D eigenvalue weighted by Crippen LogP contribution is -2.36. The zero-order valence-corrected chi connectivity index (χ0v) is 31.4. The molecular weight excluding hydrogens is 717 g/mol. The number of furan rings is 1. The molecule has 0 saturated carbocycles. The molecule has 1 aliphatic heterocycles. The van der Waals surface area contributed by atoms with Crippen molar-refractivity contribution in [2.75, 3.05) is 4.90 Å². The molecule has 3 aromatic heterocycles. The highest BCUT2D eigenvalue weighted by molar-refractivity contribution is 7.17. The quantitative estimate of drug-likeness (QED) is 0.175. The van der Waals surface area contributed by atoms with E-state index in [0.29, 0.717) is 17.5 Å². The second-order valence-corrected chi connectivity index (χ2v) is 15.8. The van der Waals surface area contributed by atoms with Crippen LogP contribution in [0.4, 0.5) is 11.4 Å². The molecule has 2 unspecified atom stereocenters. The van der Waals surface area contributed by atoms with Gasteiger partial charge in [-0.05, 0) is 75.8 Å². The van der Waals surface area contributed by atoms with E-state index in [1.807, 2.05) is 78.1 Å². The molecule has 268 valence electrons. The van der Waals surface area contributed by atoms with Crippen molar-refractivity contribution in [3.05, 3.63) is 185 Å². The smallest absolute Gasteiger partial charge is 0.167 e. The number of hydrogen-bond donors (Lipinski definition) is 0. The van der Waals surface area contributed by atoms with Crippen molar-refractivity contribution in [2.24, 2.45) is 0 Å². The van der Waals surface area contributed by atoms with Crippen LogP contribution >= 0.6 is 11.3 Å². The number of anilines is 2. The number of para-hydroxylation sites is 2. The van der Waals surface area contributed by atoms with E-state index in [-0.39, 0.29) is 12.0 Å². The molecule has 6 heteroatoms. The normalized spacial score (nSPS) is 15.6. The van der Waals surface area contributed by atoms with Gasteiger partial charge < -0.3 is 9.32 Å². The Morgan fingerprint density at radius 3 is 1.93 bits per heavy atom. The fourth-order valence-electron chi connectivity index (χ4n) is 8.90. The summed E-state index contributed by atoms with van der Waals surface area (Å²) in [6.07, 6.45) is 5.03. The molecule has 0 spiro atoms. The third kappa shape index (κ3) is 5.11. The van der Waals surface area contributed by atoms with Gasteiger partial charge in [0.2, 0.25) is 0 Å². The topological polar surface area (TPSA) is 55.1 Å². The zero-order valence-electron chi connectivity index (χ0n) is 30.6. The molecule has 0 amide bonds. The maximum Gasteiger partial charge on any atom is 0.167 e. The maximum atomic E-state index is 6.87. The second-order valence-electron chi connectivity index (χ2n) is 14.7. The molecule has 57 heavy (non-hydrogen) atoms. The molecule has 0 saturated heterocycles. The fraction of sp³-hybridized carbons (Fsp3) is 0.0392. The highest BCUT2D eigenvalue weighted by Gasteiger charge is 2.40. The van der Waals surface area contributed by atoms with E-state index >= 15 is 0 Å². The van der Waals surface area contributed by atoms with Crippen molar-refractivity contribution in [3.8, 4) is 45.3 Å². The summed E-state index contributed by atoms with van der Waals surface area (Å²) in [6.45, 7) is 0. The van der Waals surface area contributed by atoms with Gasteiger partial charge in [0.1, 0.15) is 11.2 Å². The zero-order chi connectivity index (χ0) is 37.5. The molecule has 0 N–H and O–H groups in total.